The number of fused-ring (bicyclic) bond motifs is 1. The number of nitrogens with two attached hydrogens (primary N) is 1. The normalized spacial score (nSPS) is 10.2. The zero-order valence-corrected chi connectivity index (χ0v) is 9.44. The van der Waals surface area contributed by atoms with Crippen LogP contribution >= 0.6 is 0 Å². The van der Waals surface area contributed by atoms with Gasteiger partial charge in [-0.05, 0) is 11.5 Å². The van der Waals surface area contributed by atoms with Crippen molar-refractivity contribution in [2.45, 2.75) is 0 Å². The van der Waals surface area contributed by atoms with Crippen molar-refractivity contribution in [3.63, 3.8) is 0 Å². The van der Waals surface area contributed by atoms with Gasteiger partial charge in [-0.15, -0.1) is 0 Å². The van der Waals surface area contributed by atoms with Gasteiger partial charge in [0, 0.05) is 18.5 Å². The fourth-order valence-corrected chi connectivity index (χ4v) is 1.69. The van der Waals surface area contributed by atoms with Crippen LogP contribution in [0.25, 0.3) is 10.8 Å². The molecule has 0 saturated carbocycles. The van der Waals surface area contributed by atoms with Gasteiger partial charge in [-0.25, -0.2) is 4.79 Å². The lowest BCUT2D eigenvalue weighted by Gasteiger charge is -2.09. The Morgan fingerprint density at radius 1 is 1.12 bits per heavy atom. The fraction of sp³-hybridized carbons (Fsp3) is 0.154. The monoisotopic (exact) mass is 229 g/mol. The predicted molar refractivity (Wildman–Crippen MR) is 70.0 cm³/mol. The van der Waals surface area contributed by atoms with E-state index >= 15 is 0 Å². The third-order valence-corrected chi connectivity index (χ3v) is 2.47. The summed E-state index contributed by atoms with van der Waals surface area (Å²) < 4.78 is 0. The largest absolute Gasteiger partial charge is 0.337 e. The third kappa shape index (κ3) is 2.73. The molecule has 4 N–H and O–H groups in total. The smallest absolute Gasteiger partial charge is 0.319 e. The van der Waals surface area contributed by atoms with E-state index in [4.69, 9.17) is 5.73 Å². The highest BCUT2D eigenvalue weighted by molar-refractivity contribution is 6.01. The predicted octanol–water partition coefficient (Wildman–Crippen LogP) is 1.92. The average Bonchev–Trinajstić information content (AvgIpc) is 2.37. The molecule has 2 rings (SSSR count). The number of amides is 2. The first-order valence-electron chi connectivity index (χ1n) is 5.54. The Kier molecular flexibility index (Phi) is 3.57. The summed E-state index contributed by atoms with van der Waals surface area (Å²) in [6.07, 6.45) is 0. The lowest BCUT2D eigenvalue weighted by molar-refractivity contribution is 0.252. The molecular formula is C13H15N3O. The molecule has 0 aromatic heterocycles. The molecular weight excluding hydrogens is 214 g/mol. The minimum absolute atomic E-state index is 0.230. The molecule has 4 heteroatoms. The van der Waals surface area contributed by atoms with Crippen LogP contribution in [-0.2, 0) is 0 Å². The highest BCUT2D eigenvalue weighted by atomic mass is 16.2. The van der Waals surface area contributed by atoms with Gasteiger partial charge >= 0.3 is 6.03 Å². The van der Waals surface area contributed by atoms with Crippen molar-refractivity contribution in [2.24, 2.45) is 5.73 Å². The molecule has 2 aromatic rings. The summed E-state index contributed by atoms with van der Waals surface area (Å²) in [6, 6.07) is 13.5. The van der Waals surface area contributed by atoms with Crippen LogP contribution in [0.3, 0.4) is 0 Å². The van der Waals surface area contributed by atoms with Crippen LogP contribution in [0, 0.1) is 0 Å². The zero-order valence-electron chi connectivity index (χ0n) is 9.44. The number of carbonyl (C=O) groups is 1. The van der Waals surface area contributed by atoms with E-state index in [-0.39, 0.29) is 6.03 Å². The van der Waals surface area contributed by atoms with Gasteiger partial charge in [-0.3, -0.25) is 0 Å². The van der Waals surface area contributed by atoms with Crippen molar-refractivity contribution >= 4 is 22.5 Å². The number of urea groups is 1. The van der Waals surface area contributed by atoms with Crippen molar-refractivity contribution in [1.82, 2.24) is 5.32 Å². The van der Waals surface area contributed by atoms with Gasteiger partial charge < -0.3 is 16.4 Å². The molecule has 0 aliphatic rings. The molecule has 0 heterocycles. The van der Waals surface area contributed by atoms with E-state index in [0.29, 0.717) is 13.1 Å². The Labute approximate surface area is 99.8 Å². The molecule has 0 saturated heterocycles. The van der Waals surface area contributed by atoms with E-state index in [2.05, 4.69) is 10.6 Å². The highest BCUT2D eigenvalue weighted by Crippen LogP contribution is 2.22. The van der Waals surface area contributed by atoms with Gasteiger partial charge in [0.2, 0.25) is 0 Å². The number of hydrogen-bond donors (Lipinski definition) is 3. The molecule has 2 aromatic carbocycles. The SMILES string of the molecule is NCCNC(=O)Nc1cccc2ccccc12. The molecule has 4 nitrogen and oxygen atoms in total. The van der Waals surface area contributed by atoms with E-state index < -0.39 is 0 Å². The fourth-order valence-electron chi connectivity index (χ4n) is 1.69. The van der Waals surface area contributed by atoms with Crippen LogP contribution in [-0.4, -0.2) is 19.1 Å². The van der Waals surface area contributed by atoms with Crippen LogP contribution in [0.5, 0.6) is 0 Å². The van der Waals surface area contributed by atoms with Gasteiger partial charge in [0.1, 0.15) is 0 Å². The molecule has 17 heavy (non-hydrogen) atoms. The zero-order chi connectivity index (χ0) is 12.1. The molecule has 0 spiro atoms. The second-order valence-electron chi connectivity index (χ2n) is 3.70. The van der Waals surface area contributed by atoms with Crippen LogP contribution in [0.2, 0.25) is 0 Å². The summed E-state index contributed by atoms with van der Waals surface area (Å²) in [5.41, 5.74) is 6.12. The number of rotatable bonds is 3. The van der Waals surface area contributed by atoms with Gasteiger partial charge in [-0.1, -0.05) is 36.4 Å². The Balaban J connectivity index is 2.21. The van der Waals surface area contributed by atoms with E-state index in [1.54, 1.807) is 0 Å². The first-order valence-corrected chi connectivity index (χ1v) is 5.54. The molecule has 0 aliphatic heterocycles. The molecule has 0 bridgehead atoms. The van der Waals surface area contributed by atoms with Crippen molar-refractivity contribution in [3.8, 4) is 0 Å². The second-order valence-corrected chi connectivity index (χ2v) is 3.70. The quantitative estimate of drug-likeness (QED) is 0.752. The lowest BCUT2D eigenvalue weighted by Crippen LogP contribution is -2.32. The molecule has 0 fully saturated rings. The van der Waals surface area contributed by atoms with Crippen molar-refractivity contribution in [2.75, 3.05) is 18.4 Å². The van der Waals surface area contributed by atoms with Crippen molar-refractivity contribution < 1.29 is 4.79 Å². The van der Waals surface area contributed by atoms with E-state index in [0.717, 1.165) is 16.5 Å². The maximum absolute atomic E-state index is 11.5. The second kappa shape index (κ2) is 5.32. The van der Waals surface area contributed by atoms with Crippen molar-refractivity contribution in [3.05, 3.63) is 42.5 Å². The van der Waals surface area contributed by atoms with Crippen LogP contribution in [0.4, 0.5) is 10.5 Å². The van der Waals surface area contributed by atoms with Crippen LogP contribution < -0.4 is 16.4 Å². The number of carbonyl (C=O) groups excluding carboxylic acids is 1. The van der Waals surface area contributed by atoms with Crippen LogP contribution in [0.15, 0.2) is 42.5 Å². The highest BCUT2D eigenvalue weighted by Gasteiger charge is 2.03. The Hall–Kier alpha value is -2.07. The third-order valence-electron chi connectivity index (χ3n) is 2.47. The molecule has 0 aliphatic carbocycles. The maximum atomic E-state index is 11.5. The molecule has 88 valence electrons. The molecule has 0 unspecified atom stereocenters. The summed E-state index contributed by atoms with van der Waals surface area (Å²) in [4.78, 5) is 11.5. The van der Waals surface area contributed by atoms with E-state index in [9.17, 15) is 4.79 Å². The minimum atomic E-state index is -0.230. The Bertz CT molecular complexity index is 520. The number of benzene rings is 2. The number of anilines is 1. The van der Waals surface area contributed by atoms with Gasteiger partial charge in [0.05, 0.1) is 5.69 Å². The average molecular weight is 229 g/mol. The van der Waals surface area contributed by atoms with Crippen molar-refractivity contribution in [1.29, 1.82) is 0 Å². The first-order chi connectivity index (χ1) is 8.31. The minimum Gasteiger partial charge on any atom is -0.337 e. The number of hydrogen-bond acceptors (Lipinski definition) is 2. The lowest BCUT2D eigenvalue weighted by atomic mass is 10.1. The summed E-state index contributed by atoms with van der Waals surface area (Å²) in [5, 5.41) is 7.61. The number of nitrogens with one attached hydrogen (secondary N) is 2. The topological polar surface area (TPSA) is 67.1 Å². The summed E-state index contributed by atoms with van der Waals surface area (Å²) in [5.74, 6) is 0. The standard InChI is InChI=1S/C13H15N3O/c14-8-9-15-13(17)16-12-7-3-5-10-4-1-2-6-11(10)12/h1-7H,8-9,14H2,(H2,15,16,17). The molecule has 2 amide bonds. The summed E-state index contributed by atoms with van der Waals surface area (Å²) in [7, 11) is 0. The van der Waals surface area contributed by atoms with E-state index in [1.807, 2.05) is 42.5 Å². The van der Waals surface area contributed by atoms with Gasteiger partial charge in [0.25, 0.3) is 0 Å². The van der Waals surface area contributed by atoms with E-state index in [1.165, 1.54) is 0 Å². The Morgan fingerprint density at radius 3 is 2.71 bits per heavy atom. The molecule has 0 radical (unpaired) electrons. The van der Waals surface area contributed by atoms with Crippen LogP contribution in [0.1, 0.15) is 0 Å². The maximum Gasteiger partial charge on any atom is 0.319 e. The molecule has 0 atom stereocenters. The van der Waals surface area contributed by atoms with Gasteiger partial charge in [-0.2, -0.15) is 0 Å². The summed E-state index contributed by atoms with van der Waals surface area (Å²) >= 11 is 0. The summed E-state index contributed by atoms with van der Waals surface area (Å²) in [6.45, 7) is 0.902. The Morgan fingerprint density at radius 2 is 1.88 bits per heavy atom. The van der Waals surface area contributed by atoms with Gasteiger partial charge in [0.15, 0.2) is 0 Å². The first kappa shape index (κ1) is 11.4.